The smallest absolute Gasteiger partial charge is 0.195 e. The van der Waals surface area contributed by atoms with Crippen LogP contribution in [-0.4, -0.2) is 10.4 Å². The van der Waals surface area contributed by atoms with Gasteiger partial charge in [-0.3, -0.25) is 4.79 Å². The number of benzene rings is 2. The fourth-order valence-electron chi connectivity index (χ4n) is 2.77. The van der Waals surface area contributed by atoms with Crippen molar-refractivity contribution in [3.8, 4) is 0 Å². The molecule has 0 saturated heterocycles. The summed E-state index contributed by atoms with van der Waals surface area (Å²) in [6.07, 6.45) is 1.89. The van der Waals surface area contributed by atoms with Crippen LogP contribution in [0.1, 0.15) is 27.0 Å². The molecule has 3 aromatic rings. The lowest BCUT2D eigenvalue weighted by Gasteiger charge is -2.04. The SMILES string of the molecule is Cc1cc(N)cc(C(=O)c2cn(C)c3cc(C)ccc23)c1. The summed E-state index contributed by atoms with van der Waals surface area (Å²) in [6.45, 7) is 3.99. The van der Waals surface area contributed by atoms with E-state index in [1.807, 2.05) is 49.0 Å². The maximum absolute atomic E-state index is 12.8. The number of nitrogens with zero attached hydrogens (tertiary/aromatic N) is 1. The standard InChI is InChI=1S/C18H18N2O/c1-11-4-5-15-16(10-20(3)17(15)8-11)18(21)13-6-12(2)7-14(19)9-13/h4-10H,19H2,1-3H3. The first-order valence-corrected chi connectivity index (χ1v) is 6.93. The highest BCUT2D eigenvalue weighted by Gasteiger charge is 2.16. The molecular weight excluding hydrogens is 260 g/mol. The van der Waals surface area contributed by atoms with Gasteiger partial charge in [-0.15, -0.1) is 0 Å². The van der Waals surface area contributed by atoms with E-state index in [9.17, 15) is 4.79 Å². The number of hydrogen-bond donors (Lipinski definition) is 1. The molecule has 0 fully saturated rings. The van der Waals surface area contributed by atoms with Gasteiger partial charge in [-0.2, -0.15) is 0 Å². The molecule has 0 saturated carbocycles. The molecule has 0 radical (unpaired) electrons. The summed E-state index contributed by atoms with van der Waals surface area (Å²) in [5.74, 6) is 0.0138. The summed E-state index contributed by atoms with van der Waals surface area (Å²) in [4.78, 5) is 12.8. The van der Waals surface area contributed by atoms with E-state index in [0.29, 0.717) is 11.3 Å². The molecule has 0 unspecified atom stereocenters. The Hall–Kier alpha value is -2.55. The summed E-state index contributed by atoms with van der Waals surface area (Å²) in [5, 5.41) is 0.980. The summed E-state index contributed by atoms with van der Waals surface area (Å²) in [5.41, 5.74) is 11.1. The van der Waals surface area contributed by atoms with Gasteiger partial charge in [-0.1, -0.05) is 12.1 Å². The molecule has 0 bridgehead atoms. The minimum Gasteiger partial charge on any atom is -0.399 e. The van der Waals surface area contributed by atoms with Gasteiger partial charge in [-0.05, 0) is 49.2 Å². The molecule has 3 nitrogen and oxygen atoms in total. The highest BCUT2D eigenvalue weighted by molar-refractivity contribution is 6.16. The summed E-state index contributed by atoms with van der Waals surface area (Å²) >= 11 is 0. The summed E-state index contributed by atoms with van der Waals surface area (Å²) in [6, 6.07) is 11.6. The van der Waals surface area contributed by atoms with Gasteiger partial charge >= 0.3 is 0 Å². The molecule has 0 aliphatic carbocycles. The number of nitrogen functional groups attached to an aromatic ring is 1. The van der Waals surface area contributed by atoms with Crippen molar-refractivity contribution in [2.24, 2.45) is 7.05 Å². The first-order chi connectivity index (χ1) is 9.95. The number of fused-ring (bicyclic) bond motifs is 1. The molecule has 3 heteroatoms. The molecule has 3 rings (SSSR count). The van der Waals surface area contributed by atoms with Crippen LogP contribution in [-0.2, 0) is 7.05 Å². The summed E-state index contributed by atoms with van der Waals surface area (Å²) in [7, 11) is 1.96. The van der Waals surface area contributed by atoms with E-state index in [4.69, 9.17) is 5.73 Å². The van der Waals surface area contributed by atoms with Crippen LogP contribution in [0.25, 0.3) is 10.9 Å². The molecule has 21 heavy (non-hydrogen) atoms. The number of carbonyl (C=O) groups excluding carboxylic acids is 1. The van der Waals surface area contributed by atoms with Crippen molar-refractivity contribution < 1.29 is 4.79 Å². The molecule has 2 aromatic carbocycles. The molecule has 1 aromatic heterocycles. The van der Waals surface area contributed by atoms with Gasteiger partial charge in [0.2, 0.25) is 0 Å². The van der Waals surface area contributed by atoms with Gasteiger partial charge in [0, 0.05) is 41.0 Å². The highest BCUT2D eigenvalue weighted by atomic mass is 16.1. The van der Waals surface area contributed by atoms with Gasteiger partial charge in [0.15, 0.2) is 5.78 Å². The maximum Gasteiger partial charge on any atom is 0.195 e. The predicted octanol–water partition coefficient (Wildman–Crippen LogP) is 3.61. The van der Waals surface area contributed by atoms with Crippen LogP contribution in [0.2, 0.25) is 0 Å². The van der Waals surface area contributed by atoms with Crippen molar-refractivity contribution in [2.75, 3.05) is 5.73 Å². The Morgan fingerprint density at radius 3 is 2.52 bits per heavy atom. The fourth-order valence-corrected chi connectivity index (χ4v) is 2.77. The molecule has 1 heterocycles. The van der Waals surface area contributed by atoms with Crippen molar-refractivity contribution in [2.45, 2.75) is 13.8 Å². The monoisotopic (exact) mass is 278 g/mol. The van der Waals surface area contributed by atoms with E-state index < -0.39 is 0 Å². The van der Waals surface area contributed by atoms with Crippen LogP contribution >= 0.6 is 0 Å². The van der Waals surface area contributed by atoms with Gasteiger partial charge in [0.05, 0.1) is 0 Å². The van der Waals surface area contributed by atoms with E-state index in [-0.39, 0.29) is 5.78 Å². The zero-order valence-electron chi connectivity index (χ0n) is 12.5. The molecule has 0 atom stereocenters. The minimum absolute atomic E-state index is 0.0138. The molecule has 0 aliphatic heterocycles. The van der Waals surface area contributed by atoms with Crippen molar-refractivity contribution in [3.05, 3.63) is 64.8 Å². The van der Waals surface area contributed by atoms with Crippen LogP contribution < -0.4 is 5.73 Å². The molecule has 0 aliphatic rings. The van der Waals surface area contributed by atoms with Crippen LogP contribution in [0, 0.1) is 13.8 Å². The Bertz CT molecular complexity index is 839. The lowest BCUT2D eigenvalue weighted by molar-refractivity contribution is 0.104. The van der Waals surface area contributed by atoms with Crippen molar-refractivity contribution >= 4 is 22.4 Å². The highest BCUT2D eigenvalue weighted by Crippen LogP contribution is 2.25. The topological polar surface area (TPSA) is 48.0 Å². The van der Waals surface area contributed by atoms with E-state index >= 15 is 0 Å². The summed E-state index contributed by atoms with van der Waals surface area (Å²) < 4.78 is 1.99. The average Bonchev–Trinajstić information content (AvgIpc) is 2.74. The number of hydrogen-bond acceptors (Lipinski definition) is 2. The Balaban J connectivity index is 2.18. The van der Waals surface area contributed by atoms with Gasteiger partial charge in [0.25, 0.3) is 0 Å². The van der Waals surface area contributed by atoms with E-state index in [1.165, 1.54) is 5.56 Å². The third-order valence-electron chi connectivity index (χ3n) is 3.75. The molecule has 106 valence electrons. The number of aromatic nitrogens is 1. The second kappa shape index (κ2) is 4.77. The normalized spacial score (nSPS) is 11.0. The fraction of sp³-hybridized carbons (Fsp3) is 0.167. The van der Waals surface area contributed by atoms with Crippen LogP contribution in [0.5, 0.6) is 0 Å². The molecule has 2 N–H and O–H groups in total. The minimum atomic E-state index is 0.0138. The number of ketones is 1. The zero-order valence-corrected chi connectivity index (χ0v) is 12.5. The van der Waals surface area contributed by atoms with E-state index in [0.717, 1.165) is 22.0 Å². The second-order valence-electron chi connectivity index (χ2n) is 5.64. The Morgan fingerprint density at radius 2 is 1.81 bits per heavy atom. The second-order valence-corrected chi connectivity index (χ2v) is 5.64. The van der Waals surface area contributed by atoms with Crippen LogP contribution in [0.4, 0.5) is 5.69 Å². The maximum atomic E-state index is 12.8. The zero-order chi connectivity index (χ0) is 15.1. The van der Waals surface area contributed by atoms with Crippen LogP contribution in [0.3, 0.4) is 0 Å². The average molecular weight is 278 g/mol. The Kier molecular flexibility index (Phi) is 3.05. The first-order valence-electron chi connectivity index (χ1n) is 6.93. The van der Waals surface area contributed by atoms with Gasteiger partial charge in [-0.25, -0.2) is 0 Å². The first kappa shape index (κ1) is 13.4. The lowest BCUT2D eigenvalue weighted by atomic mass is 10.00. The number of aryl methyl sites for hydroxylation is 3. The number of anilines is 1. The van der Waals surface area contributed by atoms with Crippen molar-refractivity contribution in [1.29, 1.82) is 0 Å². The van der Waals surface area contributed by atoms with Crippen LogP contribution in [0.15, 0.2) is 42.6 Å². The van der Waals surface area contributed by atoms with Crippen molar-refractivity contribution in [3.63, 3.8) is 0 Å². The van der Waals surface area contributed by atoms with Crippen molar-refractivity contribution in [1.82, 2.24) is 4.57 Å². The third-order valence-corrected chi connectivity index (χ3v) is 3.75. The third kappa shape index (κ3) is 2.31. The van der Waals surface area contributed by atoms with Gasteiger partial charge in [0.1, 0.15) is 0 Å². The van der Waals surface area contributed by atoms with Gasteiger partial charge < -0.3 is 10.3 Å². The van der Waals surface area contributed by atoms with E-state index in [1.54, 1.807) is 6.07 Å². The molecule has 0 spiro atoms. The number of nitrogens with two attached hydrogens (primary N) is 1. The Labute approximate surface area is 124 Å². The quantitative estimate of drug-likeness (QED) is 0.575. The largest absolute Gasteiger partial charge is 0.399 e. The predicted molar refractivity (Wildman–Crippen MR) is 86.7 cm³/mol. The molecular formula is C18H18N2O. The Morgan fingerprint density at radius 1 is 1.05 bits per heavy atom. The van der Waals surface area contributed by atoms with E-state index in [2.05, 4.69) is 13.0 Å². The number of carbonyl (C=O) groups is 1. The molecule has 0 amide bonds. The number of rotatable bonds is 2. The lowest BCUT2D eigenvalue weighted by Crippen LogP contribution is -2.02.